The van der Waals surface area contributed by atoms with E-state index in [2.05, 4.69) is 73.7 Å². The summed E-state index contributed by atoms with van der Waals surface area (Å²) < 4.78 is 72.5. The van der Waals surface area contributed by atoms with Crippen molar-refractivity contribution in [2.75, 3.05) is 13.2 Å². The summed E-state index contributed by atoms with van der Waals surface area (Å²) in [6, 6.07) is 0. The maximum Gasteiger partial charge on any atom is 0.0375 e. The van der Waals surface area contributed by atoms with Crippen LogP contribution in [-0.4, -0.2) is 13.2 Å². The topological polar surface area (TPSA) is 188 Å². The van der Waals surface area contributed by atoms with Gasteiger partial charge in [0.25, 0.3) is 0 Å². The number of hydrogen-bond acceptors (Lipinski definition) is 1. The van der Waals surface area contributed by atoms with Gasteiger partial charge < -0.3 is 4.74 Å². The van der Waals surface area contributed by atoms with Gasteiger partial charge >= 0.3 is 102 Å². The Kier molecular flexibility index (Phi) is 765. The van der Waals surface area contributed by atoms with Crippen LogP contribution in [0.5, 0.6) is 0 Å². The zero-order valence-electron chi connectivity index (χ0n) is 13.7. The van der Waals surface area contributed by atoms with E-state index in [4.69, 9.17) is 46.6 Å². The molecule has 0 aromatic heterocycles. The monoisotopic (exact) mass is 526 g/mol. The fourth-order valence-corrected chi connectivity index (χ4v) is 0.553. The van der Waals surface area contributed by atoms with Gasteiger partial charge in [-0.3, -0.25) is 0 Å². The van der Waals surface area contributed by atoms with E-state index in [1.807, 2.05) is 0 Å². The minimum absolute atomic E-state index is 0. The molecule has 0 atom stereocenters. The van der Waals surface area contributed by atoms with Crippen molar-refractivity contribution in [3.8, 4) is 0 Å². The Morgan fingerprint density at radius 1 is 0.536 bits per heavy atom. The first-order valence-electron chi connectivity index (χ1n) is 4.23. The second-order valence-corrected chi connectivity index (χ2v) is 1.88. The van der Waals surface area contributed by atoms with Crippen molar-refractivity contribution in [2.45, 2.75) is 6.92 Å². The van der Waals surface area contributed by atoms with E-state index in [9.17, 15) is 0 Å². The van der Waals surface area contributed by atoms with Crippen LogP contribution in [0, 0.1) is 66.8 Å². The van der Waals surface area contributed by atoms with E-state index in [1.165, 1.54) is 5.57 Å². The van der Waals surface area contributed by atoms with Crippen LogP contribution in [-0.2, 0) is 96.9 Å². The first-order valence-corrected chi connectivity index (χ1v) is 4.23. The molecule has 0 amide bonds. The fourth-order valence-electron chi connectivity index (χ4n) is 0.553. The van der Waals surface area contributed by atoms with Crippen LogP contribution in [0.4, 0.5) is 0 Å². The van der Waals surface area contributed by atoms with Gasteiger partial charge in [-0.25, -0.2) is 6.92 Å². The molecule has 0 spiro atoms. The molecular weight excluding hydrogens is 517 g/mol. The number of rotatable bonds is 0. The van der Waals surface area contributed by atoms with Gasteiger partial charge in [-0.15, -0.1) is 6.92 Å². The molecule has 0 saturated carbocycles. The van der Waals surface area contributed by atoms with Crippen molar-refractivity contribution in [2.24, 2.45) is 0 Å². The Balaban J connectivity index is -0.0000000109. The number of ether oxygens (including phenoxy) is 1. The average molecular weight is 526 g/mol. The van der Waals surface area contributed by atoms with Crippen LogP contribution in [0.2, 0.25) is 0 Å². The molecule has 0 N–H and O–H groups in total. The summed E-state index contributed by atoms with van der Waals surface area (Å²) in [5.74, 6) is 0. The molecule has 3 radical (unpaired) electrons. The van der Waals surface area contributed by atoms with Gasteiger partial charge in [-0.2, -0.15) is 11.1 Å². The molecule has 0 aromatic carbocycles. The second kappa shape index (κ2) is 263. The fraction of sp³-hybridized carbons (Fsp3) is 0.200. The van der Waals surface area contributed by atoms with Crippen molar-refractivity contribution >= 4 is 0 Å². The summed E-state index contributed by atoms with van der Waals surface area (Å²) in [4.78, 5) is 0. The van der Waals surface area contributed by atoms with E-state index in [1.54, 1.807) is 0 Å². The van der Waals surface area contributed by atoms with Gasteiger partial charge in [-0.05, 0) is 0 Å². The summed E-state index contributed by atoms with van der Waals surface area (Å²) in [6.07, 6.45) is 0. The Labute approximate surface area is 194 Å². The van der Waals surface area contributed by atoms with Gasteiger partial charge in [0.2, 0.25) is 0 Å². The molecule has 0 fully saturated rings. The molecule has 1 heterocycles. The standard InChI is InChI=1S/C6H9O.9CO.3Co/c1-5-3-7-4-6(5)2;9*1-2;;;/h1,3-4H2,2H3;;;;;;;;;;;;/q-1;;;;;;;;;;;;. The molecule has 0 bridgehead atoms. The van der Waals surface area contributed by atoms with Crippen molar-refractivity contribution < 1.29 is 96.9 Å². The van der Waals surface area contributed by atoms with E-state index < -0.39 is 0 Å². The molecule has 1 aliphatic rings. The third-order valence-electron chi connectivity index (χ3n) is 1.20. The summed E-state index contributed by atoms with van der Waals surface area (Å²) in [5.41, 5.74) is 2.44. The van der Waals surface area contributed by atoms with Crippen LogP contribution >= 0.6 is 0 Å². The Bertz CT molecular complexity index is 329. The quantitative estimate of drug-likeness (QED) is 0.329. The Hall–Kier alpha value is -1.25. The zero-order valence-corrected chi connectivity index (χ0v) is 16.8. The Morgan fingerprint density at radius 2 is 0.714 bits per heavy atom. The van der Waals surface area contributed by atoms with Crippen LogP contribution in [0.1, 0.15) is 6.92 Å². The van der Waals surface area contributed by atoms with Gasteiger partial charge in [0.05, 0.1) is 0 Å². The van der Waals surface area contributed by atoms with E-state index in [-0.39, 0.29) is 50.3 Å². The maximum absolute atomic E-state index is 7.50. The van der Waals surface area contributed by atoms with Crippen LogP contribution < -0.4 is 0 Å². The smallest absolute Gasteiger partial charge is 0.0375 e. The minimum atomic E-state index is 0. The maximum atomic E-state index is 7.50. The molecule has 0 aliphatic carbocycles. The van der Waals surface area contributed by atoms with Gasteiger partial charge in [0.15, 0.2) is 0 Å². The van der Waals surface area contributed by atoms with Crippen molar-refractivity contribution in [3.05, 3.63) is 77.9 Å². The normalized spacial score (nSPS) is 5.96. The first-order chi connectivity index (χ1) is 12.3. The van der Waals surface area contributed by atoms with Crippen LogP contribution in [0.25, 0.3) is 0 Å². The van der Waals surface area contributed by atoms with E-state index in [0.29, 0.717) is 0 Å². The predicted molar refractivity (Wildman–Crippen MR) is 64.2 cm³/mol. The molecule has 28 heavy (non-hydrogen) atoms. The van der Waals surface area contributed by atoms with E-state index >= 15 is 0 Å². The summed E-state index contributed by atoms with van der Waals surface area (Å²) in [7, 11) is 0. The molecule has 0 saturated heterocycles. The molecule has 1 rings (SSSR count). The molecule has 157 valence electrons. The Morgan fingerprint density at radius 3 is 0.750 bits per heavy atom. The summed E-state index contributed by atoms with van der Waals surface area (Å²) >= 11 is 0. The van der Waals surface area contributed by atoms with Gasteiger partial charge in [0, 0.05) is 63.6 Å². The van der Waals surface area contributed by atoms with Gasteiger partial charge in [0.1, 0.15) is 0 Å². The first kappa shape index (κ1) is 81.5. The zero-order chi connectivity index (χ0) is 23.3. The largest absolute Gasteiger partial charge is 0.393 e. The summed E-state index contributed by atoms with van der Waals surface area (Å²) in [5, 5.41) is 0. The molecule has 0 aromatic rings. The molecular formula is C15H9Co3O10-. The van der Waals surface area contributed by atoms with Crippen molar-refractivity contribution in [1.82, 2.24) is 0 Å². The molecule has 0 unspecified atom stereocenters. The van der Waals surface area contributed by atoms with E-state index in [0.717, 1.165) is 18.8 Å². The number of hydrogen-bond donors (Lipinski definition) is 0. The molecule has 13 heteroatoms. The van der Waals surface area contributed by atoms with Crippen LogP contribution in [0.15, 0.2) is 11.1 Å². The predicted octanol–water partition coefficient (Wildman–Crippen LogP) is 0.822. The van der Waals surface area contributed by atoms with Crippen molar-refractivity contribution in [1.29, 1.82) is 0 Å². The SMILES string of the molecule is [C-]#[O+].[C-]#[O+].[C-]#[O+].[C-]#[O+].[C-]#[O+].[C-]#[O+].[C-]#[O+].[C-]#[O+].[C-]#[O+].[CH2-]C1=C(C)COC1.[Co].[Co].[Co]. The van der Waals surface area contributed by atoms with Crippen molar-refractivity contribution in [3.63, 3.8) is 0 Å². The minimum Gasteiger partial charge on any atom is -0.393 e. The average Bonchev–Trinajstić information content (AvgIpc) is 3.18. The second-order valence-electron chi connectivity index (χ2n) is 1.88. The third-order valence-corrected chi connectivity index (χ3v) is 1.20. The summed E-state index contributed by atoms with van der Waals surface area (Å²) in [6.45, 7) is 47.9. The van der Waals surface area contributed by atoms with Gasteiger partial charge in [-0.1, -0.05) is 0 Å². The van der Waals surface area contributed by atoms with Crippen LogP contribution in [0.3, 0.4) is 0 Å². The molecule has 1 aliphatic heterocycles. The molecule has 10 nitrogen and oxygen atoms in total. The third kappa shape index (κ3) is 182.